The summed E-state index contributed by atoms with van der Waals surface area (Å²) < 4.78 is 5.56. The number of rotatable bonds is 6. The van der Waals surface area contributed by atoms with Crippen molar-refractivity contribution in [2.24, 2.45) is 0 Å². The van der Waals surface area contributed by atoms with E-state index in [0.29, 0.717) is 12.3 Å². The molecule has 0 saturated carbocycles. The van der Waals surface area contributed by atoms with Gasteiger partial charge in [0.1, 0.15) is 5.75 Å². The first-order valence-corrected chi connectivity index (χ1v) is 6.49. The number of aliphatic hydroxyl groups is 1. The molecule has 0 aromatic heterocycles. The van der Waals surface area contributed by atoms with E-state index in [1.54, 1.807) is 12.1 Å². The Balaban J connectivity index is 2.56. The number of benzene rings is 1. The number of carbonyl (C=O) groups excluding carboxylic acids is 1. The first kappa shape index (κ1) is 15.3. The standard InChI is InChI=1S/C14H22N2O3/c1-4-15-14(18)16-9-13(17)11-6-5-7-12(8-11)19-10(2)3/h5-8,10,13,17H,4,9H2,1-3H3,(H2,15,16,18). The van der Waals surface area contributed by atoms with E-state index in [0.717, 1.165) is 5.56 Å². The Morgan fingerprint density at radius 3 is 2.74 bits per heavy atom. The van der Waals surface area contributed by atoms with Crippen molar-refractivity contribution in [1.82, 2.24) is 10.6 Å². The Morgan fingerprint density at radius 1 is 1.37 bits per heavy atom. The smallest absolute Gasteiger partial charge is 0.314 e. The zero-order valence-electron chi connectivity index (χ0n) is 11.6. The minimum absolute atomic E-state index is 0.0841. The van der Waals surface area contributed by atoms with Crippen LogP contribution in [0, 0.1) is 0 Å². The van der Waals surface area contributed by atoms with Crippen molar-refractivity contribution in [3.63, 3.8) is 0 Å². The first-order chi connectivity index (χ1) is 9.02. The maximum atomic E-state index is 11.2. The zero-order valence-corrected chi connectivity index (χ0v) is 11.6. The quantitative estimate of drug-likeness (QED) is 0.735. The Bertz CT molecular complexity index is 407. The summed E-state index contributed by atoms with van der Waals surface area (Å²) in [5.74, 6) is 0.713. The predicted molar refractivity (Wildman–Crippen MR) is 74.2 cm³/mol. The van der Waals surface area contributed by atoms with Gasteiger partial charge in [-0.05, 0) is 38.5 Å². The van der Waals surface area contributed by atoms with E-state index in [-0.39, 0.29) is 18.7 Å². The van der Waals surface area contributed by atoms with Gasteiger partial charge < -0.3 is 20.5 Å². The third-order valence-corrected chi connectivity index (χ3v) is 2.41. The summed E-state index contributed by atoms with van der Waals surface area (Å²) in [4.78, 5) is 11.2. The molecule has 2 amide bonds. The van der Waals surface area contributed by atoms with E-state index in [1.807, 2.05) is 32.9 Å². The summed E-state index contributed by atoms with van der Waals surface area (Å²) in [6, 6.07) is 6.97. The summed E-state index contributed by atoms with van der Waals surface area (Å²) in [5.41, 5.74) is 0.718. The lowest BCUT2D eigenvalue weighted by atomic mass is 10.1. The van der Waals surface area contributed by atoms with Crippen LogP contribution in [0.1, 0.15) is 32.4 Å². The molecule has 0 aliphatic heterocycles. The molecule has 1 aromatic carbocycles. The van der Waals surface area contributed by atoms with Crippen molar-refractivity contribution >= 4 is 6.03 Å². The molecule has 19 heavy (non-hydrogen) atoms. The fraction of sp³-hybridized carbons (Fsp3) is 0.500. The molecule has 1 unspecified atom stereocenters. The molecule has 0 aliphatic carbocycles. The number of carbonyl (C=O) groups is 1. The topological polar surface area (TPSA) is 70.6 Å². The maximum Gasteiger partial charge on any atom is 0.314 e. The Hall–Kier alpha value is -1.75. The van der Waals surface area contributed by atoms with Crippen LogP contribution in [0.3, 0.4) is 0 Å². The molecular formula is C14H22N2O3. The van der Waals surface area contributed by atoms with Crippen LogP contribution >= 0.6 is 0 Å². The van der Waals surface area contributed by atoms with Gasteiger partial charge in [0.15, 0.2) is 0 Å². The van der Waals surface area contributed by atoms with Crippen molar-refractivity contribution in [3.8, 4) is 5.75 Å². The highest BCUT2D eigenvalue weighted by atomic mass is 16.5. The minimum Gasteiger partial charge on any atom is -0.491 e. The van der Waals surface area contributed by atoms with Gasteiger partial charge in [-0.15, -0.1) is 0 Å². The van der Waals surface area contributed by atoms with Crippen LogP contribution in [0.25, 0.3) is 0 Å². The van der Waals surface area contributed by atoms with Crippen LogP contribution in [-0.4, -0.2) is 30.3 Å². The highest BCUT2D eigenvalue weighted by molar-refractivity contribution is 5.73. The van der Waals surface area contributed by atoms with Crippen LogP contribution in [-0.2, 0) is 0 Å². The third-order valence-electron chi connectivity index (χ3n) is 2.41. The number of ether oxygens (including phenoxy) is 1. The van der Waals surface area contributed by atoms with Gasteiger partial charge in [-0.1, -0.05) is 12.1 Å². The summed E-state index contributed by atoms with van der Waals surface area (Å²) in [7, 11) is 0. The summed E-state index contributed by atoms with van der Waals surface area (Å²) in [6.45, 7) is 6.44. The maximum absolute atomic E-state index is 11.2. The summed E-state index contributed by atoms with van der Waals surface area (Å²) in [6.07, 6.45) is -0.667. The Morgan fingerprint density at radius 2 is 2.11 bits per heavy atom. The third kappa shape index (κ3) is 5.61. The van der Waals surface area contributed by atoms with Crippen molar-refractivity contribution in [2.75, 3.05) is 13.1 Å². The number of hydrogen-bond donors (Lipinski definition) is 3. The molecule has 5 heteroatoms. The fourth-order valence-corrected chi connectivity index (χ4v) is 1.60. The van der Waals surface area contributed by atoms with E-state index in [2.05, 4.69) is 10.6 Å². The molecule has 3 N–H and O–H groups in total. The number of hydrogen-bond acceptors (Lipinski definition) is 3. The van der Waals surface area contributed by atoms with Crippen LogP contribution in [0.15, 0.2) is 24.3 Å². The van der Waals surface area contributed by atoms with Gasteiger partial charge in [0, 0.05) is 13.1 Å². The zero-order chi connectivity index (χ0) is 14.3. The van der Waals surface area contributed by atoms with E-state index in [9.17, 15) is 9.90 Å². The van der Waals surface area contributed by atoms with Crippen LogP contribution < -0.4 is 15.4 Å². The van der Waals surface area contributed by atoms with Gasteiger partial charge in [0.05, 0.1) is 12.2 Å². The Kier molecular flexibility index (Phi) is 6.15. The molecule has 1 aromatic rings. The molecule has 0 bridgehead atoms. The molecule has 0 fully saturated rings. The first-order valence-electron chi connectivity index (χ1n) is 6.49. The molecule has 0 saturated heterocycles. The molecule has 1 atom stereocenters. The van der Waals surface area contributed by atoms with E-state index in [4.69, 9.17) is 4.74 Å². The van der Waals surface area contributed by atoms with Crippen LogP contribution in [0.4, 0.5) is 4.79 Å². The lowest BCUT2D eigenvalue weighted by molar-refractivity contribution is 0.172. The van der Waals surface area contributed by atoms with Crippen molar-refractivity contribution in [3.05, 3.63) is 29.8 Å². The normalized spacial score (nSPS) is 12.1. The second-order valence-corrected chi connectivity index (χ2v) is 4.50. The highest BCUT2D eigenvalue weighted by Crippen LogP contribution is 2.19. The van der Waals surface area contributed by atoms with Crippen LogP contribution in [0.5, 0.6) is 5.75 Å². The summed E-state index contributed by atoms with van der Waals surface area (Å²) in [5, 5.41) is 15.2. The lowest BCUT2D eigenvalue weighted by Crippen LogP contribution is -2.37. The molecule has 0 aliphatic rings. The number of nitrogens with one attached hydrogen (secondary N) is 2. The molecule has 0 heterocycles. The van der Waals surface area contributed by atoms with Crippen LogP contribution in [0.2, 0.25) is 0 Å². The SMILES string of the molecule is CCNC(=O)NCC(O)c1cccc(OC(C)C)c1. The monoisotopic (exact) mass is 266 g/mol. The molecule has 0 spiro atoms. The minimum atomic E-state index is -0.752. The second kappa shape index (κ2) is 7.63. The largest absolute Gasteiger partial charge is 0.491 e. The van der Waals surface area contributed by atoms with Crippen molar-refractivity contribution in [1.29, 1.82) is 0 Å². The molecule has 0 radical (unpaired) electrons. The fourth-order valence-electron chi connectivity index (χ4n) is 1.60. The highest BCUT2D eigenvalue weighted by Gasteiger charge is 2.10. The Labute approximate surface area is 114 Å². The van der Waals surface area contributed by atoms with Gasteiger partial charge >= 0.3 is 6.03 Å². The van der Waals surface area contributed by atoms with Gasteiger partial charge in [-0.3, -0.25) is 0 Å². The van der Waals surface area contributed by atoms with Gasteiger partial charge in [0.2, 0.25) is 0 Å². The van der Waals surface area contributed by atoms with Gasteiger partial charge in [-0.2, -0.15) is 0 Å². The summed E-state index contributed by atoms with van der Waals surface area (Å²) >= 11 is 0. The van der Waals surface area contributed by atoms with E-state index in [1.165, 1.54) is 0 Å². The van der Waals surface area contributed by atoms with Gasteiger partial charge in [0.25, 0.3) is 0 Å². The molecule has 5 nitrogen and oxygen atoms in total. The van der Waals surface area contributed by atoms with Crippen molar-refractivity contribution in [2.45, 2.75) is 33.0 Å². The lowest BCUT2D eigenvalue weighted by Gasteiger charge is -2.15. The molecular weight excluding hydrogens is 244 g/mol. The average Bonchev–Trinajstić information content (AvgIpc) is 2.36. The van der Waals surface area contributed by atoms with E-state index < -0.39 is 6.10 Å². The number of urea groups is 1. The average molecular weight is 266 g/mol. The number of aliphatic hydroxyl groups excluding tert-OH is 1. The van der Waals surface area contributed by atoms with Gasteiger partial charge in [-0.25, -0.2) is 4.79 Å². The number of amides is 2. The van der Waals surface area contributed by atoms with Crippen molar-refractivity contribution < 1.29 is 14.6 Å². The predicted octanol–water partition coefficient (Wildman–Crippen LogP) is 1.83. The molecule has 1 rings (SSSR count). The van der Waals surface area contributed by atoms with E-state index >= 15 is 0 Å². The molecule has 106 valence electrons. The second-order valence-electron chi connectivity index (χ2n) is 4.50.